The largest absolute Gasteiger partial charge is 0.480 e. The van der Waals surface area contributed by atoms with E-state index in [1.54, 1.807) is 0 Å². The number of hydrogen-bond donors (Lipinski definition) is 5. The first kappa shape index (κ1) is 38.1. The molecule has 0 aliphatic rings. The van der Waals surface area contributed by atoms with Crippen LogP contribution in [-0.4, -0.2) is 58.3 Å². The standard InChI is InChI=1S/C35H50N4O7/c1-5-13-28(31(41)38-29(32(42)43)20-23(2)3)39-34(45)35(37,30(40)21-24(4)26-16-10-7-11-17-26)19-12-18-27(36)33(44)46-22-25-14-8-6-9-15-25/h6-11,14-17,23-24,27-29H,5,12-13,18-22,36-37H2,1-4H3,(H,38,41)(H,39,45)(H,42,43)/t24-,27?,28-,29-,35+/m0/s1. The van der Waals surface area contributed by atoms with Gasteiger partial charge < -0.3 is 31.9 Å². The summed E-state index contributed by atoms with van der Waals surface area (Å²) in [5.74, 6) is -4.08. The molecule has 0 aliphatic heterocycles. The number of carbonyl (C=O) groups excluding carboxylic acids is 4. The Bertz CT molecular complexity index is 1290. The summed E-state index contributed by atoms with van der Waals surface area (Å²) in [6, 6.07) is 15.2. The lowest BCUT2D eigenvalue weighted by Crippen LogP contribution is -2.63. The first-order chi connectivity index (χ1) is 21.8. The lowest BCUT2D eigenvalue weighted by Gasteiger charge is -2.31. The van der Waals surface area contributed by atoms with Crippen LogP contribution >= 0.6 is 0 Å². The Morgan fingerprint density at radius 3 is 2.07 bits per heavy atom. The lowest BCUT2D eigenvalue weighted by molar-refractivity contribution is -0.146. The summed E-state index contributed by atoms with van der Waals surface area (Å²) >= 11 is 0. The molecule has 0 aromatic heterocycles. The van der Waals surface area contributed by atoms with Crippen LogP contribution in [-0.2, 0) is 35.3 Å². The van der Waals surface area contributed by atoms with E-state index in [9.17, 15) is 29.1 Å². The molecule has 0 spiro atoms. The maximum Gasteiger partial charge on any atom is 0.326 e. The van der Waals surface area contributed by atoms with Crippen LogP contribution in [0, 0.1) is 5.92 Å². The Kier molecular flexibility index (Phi) is 15.5. The fraction of sp³-hybridized carbons (Fsp3) is 0.514. The predicted molar refractivity (Wildman–Crippen MR) is 175 cm³/mol. The van der Waals surface area contributed by atoms with Gasteiger partial charge in [-0.25, -0.2) is 4.79 Å². The summed E-state index contributed by atoms with van der Waals surface area (Å²) in [4.78, 5) is 65.1. The third-order valence-electron chi connectivity index (χ3n) is 7.90. The first-order valence-electron chi connectivity index (χ1n) is 16.0. The second kappa shape index (κ2) is 18.8. The molecule has 1 unspecified atom stereocenters. The number of carboxylic acids is 1. The van der Waals surface area contributed by atoms with E-state index in [1.165, 1.54) is 0 Å². The molecule has 2 aromatic rings. The molecule has 7 N–H and O–H groups in total. The van der Waals surface area contributed by atoms with E-state index in [0.29, 0.717) is 6.42 Å². The van der Waals surface area contributed by atoms with Gasteiger partial charge in [0, 0.05) is 6.42 Å². The number of amides is 2. The van der Waals surface area contributed by atoms with Crippen molar-refractivity contribution in [2.75, 3.05) is 0 Å². The van der Waals surface area contributed by atoms with E-state index < -0.39 is 53.2 Å². The summed E-state index contributed by atoms with van der Waals surface area (Å²) in [6.45, 7) is 7.42. The predicted octanol–water partition coefficient (Wildman–Crippen LogP) is 3.59. The van der Waals surface area contributed by atoms with Crippen molar-refractivity contribution in [3.63, 3.8) is 0 Å². The van der Waals surface area contributed by atoms with Gasteiger partial charge in [-0.05, 0) is 55.1 Å². The molecule has 0 radical (unpaired) electrons. The summed E-state index contributed by atoms with van der Waals surface area (Å²) < 4.78 is 5.32. The number of rotatable bonds is 20. The maximum absolute atomic E-state index is 13.8. The molecule has 0 fully saturated rings. The molecule has 0 aliphatic carbocycles. The fourth-order valence-electron chi connectivity index (χ4n) is 5.10. The van der Waals surface area contributed by atoms with Gasteiger partial charge in [0.15, 0.2) is 11.3 Å². The number of ketones is 1. The first-order valence-corrected chi connectivity index (χ1v) is 16.0. The van der Waals surface area contributed by atoms with Gasteiger partial charge in [0.25, 0.3) is 0 Å². The monoisotopic (exact) mass is 638 g/mol. The van der Waals surface area contributed by atoms with E-state index in [0.717, 1.165) is 11.1 Å². The van der Waals surface area contributed by atoms with Crippen LogP contribution in [0.2, 0.25) is 0 Å². The number of Topliss-reactive ketones (excluding diaryl/α,β-unsaturated/α-hetero) is 1. The van der Waals surface area contributed by atoms with Crippen LogP contribution in [0.4, 0.5) is 0 Å². The molecule has 2 amide bonds. The van der Waals surface area contributed by atoms with Crippen molar-refractivity contribution < 1.29 is 33.8 Å². The number of esters is 1. The van der Waals surface area contributed by atoms with E-state index in [2.05, 4.69) is 10.6 Å². The van der Waals surface area contributed by atoms with Gasteiger partial charge in [-0.3, -0.25) is 19.2 Å². The Hall–Kier alpha value is -4.09. The average molecular weight is 639 g/mol. The van der Waals surface area contributed by atoms with Gasteiger partial charge in [0.1, 0.15) is 24.7 Å². The summed E-state index contributed by atoms with van der Waals surface area (Å²) in [5.41, 5.74) is 12.4. The topological polar surface area (TPSA) is 191 Å². The molecule has 252 valence electrons. The molecule has 0 saturated heterocycles. The Balaban J connectivity index is 2.20. The smallest absolute Gasteiger partial charge is 0.326 e. The van der Waals surface area contributed by atoms with Crippen molar-refractivity contribution in [2.45, 2.75) is 109 Å². The molecule has 0 saturated carbocycles. The van der Waals surface area contributed by atoms with E-state index in [1.807, 2.05) is 88.4 Å². The highest BCUT2D eigenvalue weighted by molar-refractivity contribution is 6.11. The molecule has 11 heteroatoms. The van der Waals surface area contributed by atoms with Crippen molar-refractivity contribution in [3.05, 3.63) is 71.8 Å². The minimum Gasteiger partial charge on any atom is -0.480 e. The van der Waals surface area contributed by atoms with Crippen molar-refractivity contribution >= 4 is 29.5 Å². The summed E-state index contributed by atoms with van der Waals surface area (Å²) in [7, 11) is 0. The van der Waals surface area contributed by atoms with Gasteiger partial charge in [0.05, 0.1) is 0 Å². The minimum atomic E-state index is -2.03. The van der Waals surface area contributed by atoms with Crippen molar-refractivity contribution in [1.82, 2.24) is 10.6 Å². The number of carbonyl (C=O) groups is 5. The van der Waals surface area contributed by atoms with Crippen LogP contribution in [0.3, 0.4) is 0 Å². The highest BCUT2D eigenvalue weighted by Crippen LogP contribution is 2.25. The Morgan fingerprint density at radius 2 is 1.50 bits per heavy atom. The van der Waals surface area contributed by atoms with Crippen LogP contribution in [0.15, 0.2) is 60.7 Å². The van der Waals surface area contributed by atoms with Gasteiger partial charge in [0.2, 0.25) is 11.8 Å². The number of carboxylic acid groups (broad SMARTS) is 1. The van der Waals surface area contributed by atoms with Crippen molar-refractivity contribution in [2.24, 2.45) is 17.4 Å². The number of ether oxygens (including phenoxy) is 1. The second-order valence-corrected chi connectivity index (χ2v) is 12.3. The molecule has 0 heterocycles. The SMILES string of the molecule is CCC[C@H](NC(=O)[C@@](N)(CCCC(N)C(=O)OCc1ccccc1)C(=O)C[C@H](C)c1ccccc1)C(=O)N[C@@H](CC(C)C)C(=O)O. The average Bonchev–Trinajstić information content (AvgIpc) is 3.03. The molecule has 2 rings (SSSR count). The van der Waals surface area contributed by atoms with Gasteiger partial charge >= 0.3 is 11.9 Å². The molecule has 46 heavy (non-hydrogen) atoms. The van der Waals surface area contributed by atoms with E-state index >= 15 is 0 Å². The quantitative estimate of drug-likeness (QED) is 0.107. The lowest BCUT2D eigenvalue weighted by atomic mass is 9.81. The van der Waals surface area contributed by atoms with Crippen molar-refractivity contribution in [3.8, 4) is 0 Å². The molecule has 5 atom stereocenters. The van der Waals surface area contributed by atoms with Crippen LogP contribution in [0.5, 0.6) is 0 Å². The molecule has 2 aromatic carbocycles. The van der Waals surface area contributed by atoms with E-state index in [-0.39, 0.29) is 57.0 Å². The number of nitrogens with two attached hydrogens (primary N) is 2. The van der Waals surface area contributed by atoms with E-state index in [4.69, 9.17) is 16.2 Å². The summed E-state index contributed by atoms with van der Waals surface area (Å²) in [5, 5.41) is 14.8. The minimum absolute atomic E-state index is 0.00326. The number of hydrogen-bond acceptors (Lipinski definition) is 8. The number of benzene rings is 2. The zero-order valence-electron chi connectivity index (χ0n) is 27.4. The zero-order chi connectivity index (χ0) is 34.3. The highest BCUT2D eigenvalue weighted by Gasteiger charge is 2.43. The third-order valence-corrected chi connectivity index (χ3v) is 7.90. The Morgan fingerprint density at radius 1 is 0.891 bits per heavy atom. The zero-order valence-corrected chi connectivity index (χ0v) is 27.4. The summed E-state index contributed by atoms with van der Waals surface area (Å²) in [6.07, 6.45) is 0.986. The third kappa shape index (κ3) is 12.0. The maximum atomic E-state index is 13.8. The molecular formula is C35H50N4O7. The van der Waals surface area contributed by atoms with Crippen LogP contribution in [0.1, 0.15) is 89.7 Å². The second-order valence-electron chi connectivity index (χ2n) is 12.3. The van der Waals surface area contributed by atoms with Gasteiger partial charge in [-0.2, -0.15) is 0 Å². The van der Waals surface area contributed by atoms with Gasteiger partial charge in [-0.15, -0.1) is 0 Å². The van der Waals surface area contributed by atoms with Crippen LogP contribution in [0.25, 0.3) is 0 Å². The highest BCUT2D eigenvalue weighted by atomic mass is 16.5. The normalized spacial score (nSPS) is 15.1. The number of nitrogens with one attached hydrogen (secondary N) is 2. The molecule has 11 nitrogen and oxygen atoms in total. The van der Waals surface area contributed by atoms with Gasteiger partial charge in [-0.1, -0.05) is 94.8 Å². The van der Waals surface area contributed by atoms with Crippen LogP contribution < -0.4 is 22.1 Å². The molecular weight excluding hydrogens is 588 g/mol. The Labute approximate surface area is 271 Å². The number of aliphatic carboxylic acids is 1. The fourth-order valence-corrected chi connectivity index (χ4v) is 5.10. The molecule has 0 bridgehead atoms. The van der Waals surface area contributed by atoms with Crippen molar-refractivity contribution in [1.29, 1.82) is 0 Å².